The van der Waals surface area contributed by atoms with Crippen LogP contribution in [0, 0.1) is 0 Å². The van der Waals surface area contributed by atoms with Crippen molar-refractivity contribution in [3.05, 3.63) is 29.8 Å². The third kappa shape index (κ3) is 0.583. The second-order valence-corrected chi connectivity index (χ2v) is 3.45. The van der Waals surface area contributed by atoms with Crippen LogP contribution in [-0.2, 0) is 11.2 Å². The molecule has 0 saturated carbocycles. The number of fused-ring (bicyclic) bond motifs is 3. The number of rotatable bonds is 0. The van der Waals surface area contributed by atoms with Gasteiger partial charge >= 0.3 is 0 Å². The molecule has 2 nitrogen and oxygen atoms in total. The van der Waals surface area contributed by atoms with Gasteiger partial charge in [0.05, 0.1) is 0 Å². The second kappa shape index (κ2) is 1.89. The van der Waals surface area contributed by atoms with E-state index in [4.69, 9.17) is 0 Å². The number of carbonyl (C=O) groups is 1. The molecule has 2 aliphatic heterocycles. The Morgan fingerprint density at radius 3 is 2.92 bits per heavy atom. The molecule has 0 bridgehead atoms. The zero-order valence-corrected chi connectivity index (χ0v) is 6.66. The van der Waals surface area contributed by atoms with Gasteiger partial charge in [-0.25, -0.2) is 0 Å². The molecule has 12 heavy (non-hydrogen) atoms. The Morgan fingerprint density at radius 1 is 1.25 bits per heavy atom. The van der Waals surface area contributed by atoms with Crippen molar-refractivity contribution in [1.82, 2.24) is 0 Å². The summed E-state index contributed by atoms with van der Waals surface area (Å²) in [5.74, 6) is 0.282. The molecule has 0 spiro atoms. The molecule has 0 aromatic heterocycles. The number of carbonyl (C=O) groups excluding carboxylic acids is 1. The van der Waals surface area contributed by atoms with E-state index in [2.05, 4.69) is 6.07 Å². The van der Waals surface area contributed by atoms with Gasteiger partial charge in [-0.1, -0.05) is 18.2 Å². The van der Waals surface area contributed by atoms with Crippen molar-refractivity contribution in [3.63, 3.8) is 0 Å². The second-order valence-electron chi connectivity index (χ2n) is 3.45. The highest BCUT2D eigenvalue weighted by molar-refractivity contribution is 6.03. The molecule has 2 aliphatic rings. The molecule has 2 heterocycles. The third-order valence-electron chi connectivity index (χ3n) is 2.75. The topological polar surface area (TPSA) is 20.3 Å². The van der Waals surface area contributed by atoms with E-state index in [0.717, 1.165) is 18.5 Å². The first-order valence-electron chi connectivity index (χ1n) is 4.26. The minimum Gasteiger partial charge on any atom is -0.308 e. The van der Waals surface area contributed by atoms with Crippen molar-refractivity contribution >= 4 is 11.6 Å². The maximum Gasteiger partial charge on any atom is 0.229 e. The number of para-hydroxylation sites is 1. The van der Waals surface area contributed by atoms with Crippen LogP contribution in [0.25, 0.3) is 0 Å². The quantitative estimate of drug-likeness (QED) is 0.523. The lowest BCUT2D eigenvalue weighted by atomic mass is 10.0. The molecule has 0 aliphatic carbocycles. The van der Waals surface area contributed by atoms with Crippen LogP contribution < -0.4 is 4.90 Å². The Hall–Kier alpha value is -1.31. The summed E-state index contributed by atoms with van der Waals surface area (Å²) in [4.78, 5) is 13.1. The first kappa shape index (κ1) is 6.23. The minimum absolute atomic E-state index is 0.282. The molecule has 1 aromatic rings. The Morgan fingerprint density at radius 2 is 2.08 bits per heavy atom. The monoisotopic (exact) mass is 159 g/mol. The van der Waals surface area contributed by atoms with E-state index in [1.54, 1.807) is 0 Å². The maximum absolute atomic E-state index is 11.2. The van der Waals surface area contributed by atoms with E-state index in [1.807, 2.05) is 23.1 Å². The van der Waals surface area contributed by atoms with Crippen LogP contribution in [-0.4, -0.2) is 11.9 Å². The SMILES string of the molecule is O=C1CC2Cc3ccccc3N12. The van der Waals surface area contributed by atoms with Crippen LogP contribution in [0.4, 0.5) is 5.69 Å². The summed E-state index contributed by atoms with van der Waals surface area (Å²) in [5, 5.41) is 0. The summed E-state index contributed by atoms with van der Waals surface area (Å²) < 4.78 is 0. The summed E-state index contributed by atoms with van der Waals surface area (Å²) >= 11 is 0. The largest absolute Gasteiger partial charge is 0.308 e. The molecule has 1 saturated heterocycles. The Kier molecular flexibility index (Phi) is 0.980. The normalized spacial score (nSPS) is 24.8. The fourth-order valence-corrected chi connectivity index (χ4v) is 2.15. The van der Waals surface area contributed by atoms with Gasteiger partial charge in [0.15, 0.2) is 0 Å². The number of hydrogen-bond acceptors (Lipinski definition) is 1. The molecule has 60 valence electrons. The van der Waals surface area contributed by atoms with Gasteiger partial charge in [0.25, 0.3) is 0 Å². The number of β-lactam (4-membered cyclic amide) rings is 1. The molecule has 1 amide bonds. The Labute approximate surface area is 70.8 Å². The molecular weight excluding hydrogens is 150 g/mol. The predicted octanol–water partition coefficient (Wildman–Crippen LogP) is 1.35. The molecule has 0 N–H and O–H groups in total. The minimum atomic E-state index is 0.282. The van der Waals surface area contributed by atoms with E-state index in [9.17, 15) is 4.79 Å². The molecule has 0 radical (unpaired) electrons. The third-order valence-corrected chi connectivity index (χ3v) is 2.75. The van der Waals surface area contributed by atoms with Gasteiger partial charge in [0, 0.05) is 18.2 Å². The number of hydrogen-bond donors (Lipinski definition) is 0. The van der Waals surface area contributed by atoms with Crippen molar-refractivity contribution in [2.45, 2.75) is 18.9 Å². The van der Waals surface area contributed by atoms with Crippen molar-refractivity contribution in [1.29, 1.82) is 0 Å². The molecule has 1 fully saturated rings. The predicted molar refractivity (Wildman–Crippen MR) is 46.0 cm³/mol. The highest BCUT2D eigenvalue weighted by Gasteiger charge is 2.42. The van der Waals surface area contributed by atoms with Crippen LogP contribution in [0.2, 0.25) is 0 Å². The molecular formula is C10H9NO. The number of amides is 1. The summed E-state index contributed by atoms with van der Waals surface area (Å²) in [6.07, 6.45) is 1.80. The zero-order valence-electron chi connectivity index (χ0n) is 6.66. The van der Waals surface area contributed by atoms with E-state index < -0.39 is 0 Å². The Bertz CT molecular complexity index is 359. The van der Waals surface area contributed by atoms with E-state index in [1.165, 1.54) is 5.56 Å². The first-order valence-corrected chi connectivity index (χ1v) is 4.26. The van der Waals surface area contributed by atoms with Gasteiger partial charge in [0.2, 0.25) is 5.91 Å². The van der Waals surface area contributed by atoms with E-state index in [-0.39, 0.29) is 5.91 Å². The van der Waals surface area contributed by atoms with Crippen molar-refractivity contribution in [2.24, 2.45) is 0 Å². The van der Waals surface area contributed by atoms with Crippen LogP contribution in [0.1, 0.15) is 12.0 Å². The van der Waals surface area contributed by atoms with Crippen molar-refractivity contribution in [2.75, 3.05) is 4.90 Å². The van der Waals surface area contributed by atoms with Gasteiger partial charge in [-0.2, -0.15) is 0 Å². The standard InChI is InChI=1S/C10H9NO/c12-10-6-8-5-7-3-1-2-4-9(7)11(8)10/h1-4,8H,5-6H2. The van der Waals surface area contributed by atoms with Crippen LogP contribution in [0.15, 0.2) is 24.3 Å². The average Bonchev–Trinajstić information content (AvgIpc) is 2.35. The summed E-state index contributed by atoms with van der Waals surface area (Å²) in [6.45, 7) is 0. The summed E-state index contributed by atoms with van der Waals surface area (Å²) in [7, 11) is 0. The average molecular weight is 159 g/mol. The van der Waals surface area contributed by atoms with Crippen LogP contribution in [0.5, 0.6) is 0 Å². The molecule has 3 rings (SSSR count). The zero-order chi connectivity index (χ0) is 8.13. The van der Waals surface area contributed by atoms with Crippen LogP contribution in [0.3, 0.4) is 0 Å². The van der Waals surface area contributed by atoms with Crippen LogP contribution >= 0.6 is 0 Å². The molecule has 1 atom stereocenters. The number of anilines is 1. The number of benzene rings is 1. The summed E-state index contributed by atoms with van der Waals surface area (Å²) in [6, 6.07) is 8.66. The van der Waals surface area contributed by atoms with Gasteiger partial charge in [-0.05, 0) is 18.1 Å². The fourth-order valence-electron chi connectivity index (χ4n) is 2.15. The van der Waals surface area contributed by atoms with E-state index >= 15 is 0 Å². The van der Waals surface area contributed by atoms with E-state index in [0.29, 0.717) is 6.04 Å². The number of nitrogens with zero attached hydrogens (tertiary/aromatic N) is 1. The fraction of sp³-hybridized carbons (Fsp3) is 0.300. The lowest BCUT2D eigenvalue weighted by Crippen LogP contribution is -2.50. The maximum atomic E-state index is 11.2. The highest BCUT2D eigenvalue weighted by Crippen LogP contribution is 2.39. The smallest absolute Gasteiger partial charge is 0.229 e. The van der Waals surface area contributed by atoms with Gasteiger partial charge in [-0.3, -0.25) is 4.79 Å². The summed E-state index contributed by atoms with van der Waals surface area (Å²) in [5.41, 5.74) is 2.46. The Balaban J connectivity index is 2.14. The van der Waals surface area contributed by atoms with Gasteiger partial charge < -0.3 is 4.90 Å². The molecule has 1 unspecified atom stereocenters. The highest BCUT2D eigenvalue weighted by atomic mass is 16.2. The van der Waals surface area contributed by atoms with Gasteiger partial charge in [-0.15, -0.1) is 0 Å². The van der Waals surface area contributed by atoms with Crippen molar-refractivity contribution < 1.29 is 4.79 Å². The van der Waals surface area contributed by atoms with Crippen molar-refractivity contribution in [3.8, 4) is 0 Å². The lowest BCUT2D eigenvalue weighted by Gasteiger charge is -2.34. The molecule has 2 heteroatoms. The first-order chi connectivity index (χ1) is 5.86. The van der Waals surface area contributed by atoms with Gasteiger partial charge in [0.1, 0.15) is 0 Å². The molecule has 1 aromatic carbocycles. The lowest BCUT2D eigenvalue weighted by molar-refractivity contribution is -0.123.